The fraction of sp³-hybridized carbons (Fsp3) is 0.500. The zero-order valence-corrected chi connectivity index (χ0v) is 10.7. The van der Waals surface area contributed by atoms with Crippen molar-refractivity contribution in [3.05, 3.63) is 35.6 Å². The van der Waals surface area contributed by atoms with Crippen LogP contribution in [-0.2, 0) is 4.79 Å². The van der Waals surface area contributed by atoms with E-state index in [1.807, 2.05) is 6.92 Å². The standard InChI is InChI=1S/C14H20FNO2/c1-11(12-6-8-13(15)9-7-12)16-10-4-2-3-5-14(17)18/h6-9,11,16H,2-5,10H2,1H3,(H,17,18). The van der Waals surface area contributed by atoms with Crippen LogP contribution < -0.4 is 5.32 Å². The lowest BCUT2D eigenvalue weighted by atomic mass is 10.1. The molecule has 0 saturated heterocycles. The van der Waals surface area contributed by atoms with Crippen molar-refractivity contribution in [2.45, 2.75) is 38.6 Å². The van der Waals surface area contributed by atoms with Gasteiger partial charge in [0.25, 0.3) is 0 Å². The summed E-state index contributed by atoms with van der Waals surface area (Å²) in [7, 11) is 0. The zero-order chi connectivity index (χ0) is 13.4. The summed E-state index contributed by atoms with van der Waals surface area (Å²) in [6.45, 7) is 2.88. The monoisotopic (exact) mass is 253 g/mol. The lowest BCUT2D eigenvalue weighted by molar-refractivity contribution is -0.137. The number of aliphatic carboxylic acids is 1. The van der Waals surface area contributed by atoms with E-state index in [9.17, 15) is 9.18 Å². The average Bonchev–Trinajstić information content (AvgIpc) is 2.34. The average molecular weight is 253 g/mol. The molecule has 3 nitrogen and oxygen atoms in total. The molecule has 18 heavy (non-hydrogen) atoms. The third-order valence-corrected chi connectivity index (χ3v) is 2.89. The van der Waals surface area contributed by atoms with Gasteiger partial charge in [0.15, 0.2) is 0 Å². The fourth-order valence-electron chi connectivity index (χ4n) is 1.77. The third-order valence-electron chi connectivity index (χ3n) is 2.89. The summed E-state index contributed by atoms with van der Waals surface area (Å²) in [6, 6.07) is 6.65. The first-order valence-electron chi connectivity index (χ1n) is 6.30. The third kappa shape index (κ3) is 5.77. The number of halogens is 1. The largest absolute Gasteiger partial charge is 0.481 e. The molecule has 0 aliphatic heterocycles. The summed E-state index contributed by atoms with van der Waals surface area (Å²) >= 11 is 0. The van der Waals surface area contributed by atoms with Gasteiger partial charge in [-0.2, -0.15) is 0 Å². The predicted octanol–water partition coefficient (Wildman–Crippen LogP) is 3.12. The van der Waals surface area contributed by atoms with E-state index >= 15 is 0 Å². The second-order valence-electron chi connectivity index (χ2n) is 4.43. The molecular formula is C14H20FNO2. The summed E-state index contributed by atoms with van der Waals surface area (Å²) in [5.41, 5.74) is 1.06. The number of benzene rings is 1. The molecule has 0 bridgehead atoms. The number of unbranched alkanes of at least 4 members (excludes halogenated alkanes) is 2. The molecule has 0 heterocycles. The SMILES string of the molecule is CC(NCCCCCC(=O)O)c1ccc(F)cc1. The van der Waals surface area contributed by atoms with Crippen LogP contribution in [0.1, 0.15) is 44.2 Å². The molecule has 4 heteroatoms. The molecule has 1 atom stereocenters. The summed E-state index contributed by atoms with van der Waals surface area (Å²) in [4.78, 5) is 10.3. The molecule has 2 N–H and O–H groups in total. The minimum Gasteiger partial charge on any atom is -0.481 e. The van der Waals surface area contributed by atoms with E-state index in [1.165, 1.54) is 12.1 Å². The van der Waals surface area contributed by atoms with Gasteiger partial charge in [0, 0.05) is 12.5 Å². The van der Waals surface area contributed by atoms with Gasteiger partial charge in [0.1, 0.15) is 5.82 Å². The molecule has 0 saturated carbocycles. The normalized spacial score (nSPS) is 12.3. The second-order valence-corrected chi connectivity index (χ2v) is 4.43. The maximum absolute atomic E-state index is 12.7. The minimum absolute atomic E-state index is 0.185. The maximum Gasteiger partial charge on any atom is 0.303 e. The molecule has 0 amide bonds. The summed E-state index contributed by atoms with van der Waals surface area (Å²) in [6.07, 6.45) is 2.84. The van der Waals surface area contributed by atoms with E-state index in [1.54, 1.807) is 12.1 Å². The molecule has 1 aromatic rings. The Morgan fingerprint density at radius 3 is 2.56 bits per heavy atom. The van der Waals surface area contributed by atoms with Crippen molar-refractivity contribution in [2.75, 3.05) is 6.54 Å². The first-order valence-corrected chi connectivity index (χ1v) is 6.30. The topological polar surface area (TPSA) is 49.3 Å². The first kappa shape index (κ1) is 14.6. The Morgan fingerprint density at radius 2 is 1.94 bits per heavy atom. The number of carbonyl (C=O) groups is 1. The Labute approximate surface area is 107 Å². The Bertz CT molecular complexity index is 365. The van der Waals surface area contributed by atoms with Crippen LogP contribution in [0, 0.1) is 5.82 Å². The number of nitrogens with one attached hydrogen (secondary N) is 1. The Morgan fingerprint density at radius 1 is 1.28 bits per heavy atom. The fourth-order valence-corrected chi connectivity index (χ4v) is 1.77. The first-order chi connectivity index (χ1) is 8.59. The van der Waals surface area contributed by atoms with Gasteiger partial charge in [0.05, 0.1) is 0 Å². The van der Waals surface area contributed by atoms with E-state index in [2.05, 4.69) is 5.32 Å². The van der Waals surface area contributed by atoms with Crippen molar-refractivity contribution in [3.8, 4) is 0 Å². The number of rotatable bonds is 8. The highest BCUT2D eigenvalue weighted by molar-refractivity contribution is 5.66. The predicted molar refractivity (Wildman–Crippen MR) is 68.9 cm³/mol. The molecular weight excluding hydrogens is 233 g/mol. The van der Waals surface area contributed by atoms with Gasteiger partial charge in [-0.05, 0) is 44.0 Å². The van der Waals surface area contributed by atoms with Crippen molar-refractivity contribution >= 4 is 5.97 Å². The van der Waals surface area contributed by atoms with Gasteiger partial charge in [0.2, 0.25) is 0 Å². The molecule has 0 aliphatic carbocycles. The number of carboxylic acids is 1. The molecule has 0 aromatic heterocycles. The van der Waals surface area contributed by atoms with Gasteiger partial charge < -0.3 is 10.4 Å². The molecule has 0 aliphatic rings. The van der Waals surface area contributed by atoms with E-state index in [0.29, 0.717) is 0 Å². The maximum atomic E-state index is 12.7. The van der Waals surface area contributed by atoms with Crippen LogP contribution >= 0.6 is 0 Å². The van der Waals surface area contributed by atoms with Crippen LogP contribution in [0.15, 0.2) is 24.3 Å². The molecule has 0 radical (unpaired) electrons. The lowest BCUT2D eigenvalue weighted by Gasteiger charge is -2.14. The molecule has 1 rings (SSSR count). The van der Waals surface area contributed by atoms with E-state index in [0.717, 1.165) is 31.4 Å². The van der Waals surface area contributed by atoms with Crippen LogP contribution in [0.25, 0.3) is 0 Å². The van der Waals surface area contributed by atoms with Crippen LogP contribution in [0.5, 0.6) is 0 Å². The molecule has 100 valence electrons. The Balaban J connectivity index is 2.15. The smallest absolute Gasteiger partial charge is 0.303 e. The quantitative estimate of drug-likeness (QED) is 0.700. The van der Waals surface area contributed by atoms with E-state index in [4.69, 9.17) is 5.11 Å². The second kappa shape index (κ2) is 7.82. The van der Waals surface area contributed by atoms with Crippen molar-refractivity contribution in [1.82, 2.24) is 5.32 Å². The van der Waals surface area contributed by atoms with Gasteiger partial charge in [-0.1, -0.05) is 18.6 Å². The lowest BCUT2D eigenvalue weighted by Crippen LogP contribution is -2.19. The summed E-state index contributed by atoms with van der Waals surface area (Å²) < 4.78 is 12.7. The van der Waals surface area contributed by atoms with Crippen LogP contribution in [0.2, 0.25) is 0 Å². The van der Waals surface area contributed by atoms with E-state index < -0.39 is 5.97 Å². The van der Waals surface area contributed by atoms with Crippen molar-refractivity contribution in [1.29, 1.82) is 0 Å². The molecule has 1 unspecified atom stereocenters. The molecule has 1 aromatic carbocycles. The zero-order valence-electron chi connectivity index (χ0n) is 10.7. The Hall–Kier alpha value is -1.42. The number of hydrogen-bond acceptors (Lipinski definition) is 2. The Kier molecular flexibility index (Phi) is 6.36. The number of carboxylic acid groups (broad SMARTS) is 1. The highest BCUT2D eigenvalue weighted by Crippen LogP contribution is 2.12. The molecule has 0 spiro atoms. The van der Waals surface area contributed by atoms with Gasteiger partial charge >= 0.3 is 5.97 Å². The highest BCUT2D eigenvalue weighted by Gasteiger charge is 2.04. The van der Waals surface area contributed by atoms with Crippen LogP contribution in [0.4, 0.5) is 4.39 Å². The van der Waals surface area contributed by atoms with Crippen molar-refractivity contribution in [2.24, 2.45) is 0 Å². The van der Waals surface area contributed by atoms with Crippen LogP contribution in [-0.4, -0.2) is 17.6 Å². The van der Waals surface area contributed by atoms with Gasteiger partial charge in [-0.25, -0.2) is 4.39 Å². The minimum atomic E-state index is -0.734. The summed E-state index contributed by atoms with van der Waals surface area (Å²) in [5.74, 6) is -0.956. The number of hydrogen-bond donors (Lipinski definition) is 2. The van der Waals surface area contributed by atoms with Gasteiger partial charge in [-0.3, -0.25) is 4.79 Å². The highest BCUT2D eigenvalue weighted by atomic mass is 19.1. The molecule has 0 fully saturated rings. The van der Waals surface area contributed by atoms with Crippen molar-refractivity contribution < 1.29 is 14.3 Å². The van der Waals surface area contributed by atoms with Crippen molar-refractivity contribution in [3.63, 3.8) is 0 Å². The van der Waals surface area contributed by atoms with Crippen LogP contribution in [0.3, 0.4) is 0 Å². The van der Waals surface area contributed by atoms with Gasteiger partial charge in [-0.15, -0.1) is 0 Å². The van der Waals surface area contributed by atoms with E-state index in [-0.39, 0.29) is 18.3 Å². The summed E-state index contributed by atoms with van der Waals surface area (Å²) in [5, 5.41) is 11.8.